The van der Waals surface area contributed by atoms with E-state index >= 15 is 0 Å². The number of nitrogen functional groups attached to an aromatic ring is 1. The highest BCUT2D eigenvalue weighted by molar-refractivity contribution is 6.33. The fourth-order valence-electron chi connectivity index (χ4n) is 2.72. The molecule has 2 aromatic rings. The number of halogens is 1. The number of nitrogens with one attached hydrogen (secondary N) is 1. The molecular weight excluding hydrogens is 370 g/mol. The summed E-state index contributed by atoms with van der Waals surface area (Å²) < 4.78 is 1.27. The van der Waals surface area contributed by atoms with Gasteiger partial charge in [-0.2, -0.15) is 0 Å². The van der Waals surface area contributed by atoms with Crippen molar-refractivity contribution in [2.75, 3.05) is 17.2 Å². The summed E-state index contributed by atoms with van der Waals surface area (Å²) in [6.45, 7) is 8.18. The maximum Gasteiger partial charge on any atom is 0.330 e. The highest BCUT2D eigenvalue weighted by Crippen LogP contribution is 2.23. The van der Waals surface area contributed by atoms with Crippen LogP contribution in [0.1, 0.15) is 38.1 Å². The lowest BCUT2D eigenvalue weighted by atomic mass is 10.1. The molecule has 0 radical (unpaired) electrons. The van der Waals surface area contributed by atoms with Crippen LogP contribution in [0.5, 0.6) is 0 Å². The highest BCUT2D eigenvalue weighted by atomic mass is 35.5. The molecule has 0 aliphatic heterocycles. The minimum atomic E-state index is -0.716. The van der Waals surface area contributed by atoms with Crippen LogP contribution in [0.25, 0.3) is 0 Å². The molecular formula is C18H24ClN5O3. The molecule has 0 saturated heterocycles. The third-order valence-electron chi connectivity index (χ3n) is 3.81. The smallest absolute Gasteiger partial charge is 0.330 e. The standard InChI is InChI=1S/C18H24ClN5O3/c1-10(2)8-23(17(26)12-6-5-7-21-14(12)19)13-15(20)24(9-11(3)4)18(27)22-16(13)25/h5-7,10-11H,8-9,20H2,1-4H3,(H,22,25,27). The molecule has 0 unspecified atom stereocenters. The van der Waals surface area contributed by atoms with Gasteiger partial charge < -0.3 is 10.6 Å². The molecule has 27 heavy (non-hydrogen) atoms. The summed E-state index contributed by atoms with van der Waals surface area (Å²) in [5.41, 5.74) is 4.93. The Morgan fingerprint density at radius 1 is 1.30 bits per heavy atom. The van der Waals surface area contributed by atoms with Gasteiger partial charge in [-0.25, -0.2) is 9.78 Å². The molecule has 2 heterocycles. The number of amides is 1. The minimum Gasteiger partial charge on any atom is -0.383 e. The quantitative estimate of drug-likeness (QED) is 0.729. The molecule has 0 saturated carbocycles. The fourth-order valence-corrected chi connectivity index (χ4v) is 2.92. The molecule has 8 nitrogen and oxygen atoms in total. The van der Waals surface area contributed by atoms with E-state index in [9.17, 15) is 14.4 Å². The Hall–Kier alpha value is -2.61. The number of hydrogen-bond donors (Lipinski definition) is 2. The van der Waals surface area contributed by atoms with Gasteiger partial charge >= 0.3 is 5.69 Å². The molecule has 2 aromatic heterocycles. The van der Waals surface area contributed by atoms with Gasteiger partial charge in [-0.15, -0.1) is 0 Å². The lowest BCUT2D eigenvalue weighted by Gasteiger charge is -2.26. The first kappa shape index (κ1) is 20.7. The summed E-state index contributed by atoms with van der Waals surface area (Å²) in [6, 6.07) is 3.11. The van der Waals surface area contributed by atoms with Gasteiger partial charge in [0.2, 0.25) is 0 Å². The van der Waals surface area contributed by atoms with Gasteiger partial charge in [0.15, 0.2) is 5.69 Å². The number of pyridine rings is 1. The Labute approximate surface area is 162 Å². The molecule has 0 atom stereocenters. The lowest BCUT2D eigenvalue weighted by Crippen LogP contribution is -2.43. The van der Waals surface area contributed by atoms with E-state index in [1.165, 1.54) is 21.7 Å². The summed E-state index contributed by atoms with van der Waals surface area (Å²) in [7, 11) is 0. The summed E-state index contributed by atoms with van der Waals surface area (Å²) in [6.07, 6.45) is 1.47. The number of H-pyrrole nitrogens is 1. The number of aromatic amines is 1. The van der Waals surface area contributed by atoms with Crippen LogP contribution in [0.4, 0.5) is 11.5 Å². The van der Waals surface area contributed by atoms with Crippen LogP contribution in [0.15, 0.2) is 27.9 Å². The Morgan fingerprint density at radius 2 is 1.96 bits per heavy atom. The lowest BCUT2D eigenvalue weighted by molar-refractivity contribution is 0.0983. The first-order valence-electron chi connectivity index (χ1n) is 8.68. The van der Waals surface area contributed by atoms with E-state index in [1.54, 1.807) is 6.07 Å². The van der Waals surface area contributed by atoms with E-state index in [4.69, 9.17) is 17.3 Å². The van der Waals surface area contributed by atoms with E-state index in [-0.39, 0.29) is 40.6 Å². The fraction of sp³-hybridized carbons (Fsp3) is 0.444. The summed E-state index contributed by atoms with van der Waals surface area (Å²) in [4.78, 5) is 45.3. The topological polar surface area (TPSA) is 114 Å². The zero-order valence-corrected chi connectivity index (χ0v) is 16.6. The normalized spacial score (nSPS) is 11.2. The van der Waals surface area contributed by atoms with Gasteiger partial charge in [0.05, 0.1) is 5.56 Å². The molecule has 0 spiro atoms. The van der Waals surface area contributed by atoms with Crippen molar-refractivity contribution in [3.63, 3.8) is 0 Å². The molecule has 0 aliphatic rings. The van der Waals surface area contributed by atoms with E-state index in [1.807, 2.05) is 27.7 Å². The number of nitrogens with two attached hydrogens (primary N) is 1. The Kier molecular flexibility index (Phi) is 6.43. The van der Waals surface area contributed by atoms with E-state index in [0.29, 0.717) is 6.54 Å². The number of hydrogen-bond acceptors (Lipinski definition) is 5. The van der Waals surface area contributed by atoms with Crippen LogP contribution in [-0.2, 0) is 6.54 Å². The van der Waals surface area contributed by atoms with E-state index in [2.05, 4.69) is 9.97 Å². The van der Waals surface area contributed by atoms with Crippen molar-refractivity contribution in [3.05, 3.63) is 49.9 Å². The first-order chi connectivity index (χ1) is 12.6. The van der Waals surface area contributed by atoms with Gasteiger partial charge in [0, 0.05) is 19.3 Å². The average Bonchev–Trinajstić information content (AvgIpc) is 2.57. The van der Waals surface area contributed by atoms with Crippen molar-refractivity contribution in [1.29, 1.82) is 0 Å². The maximum absolute atomic E-state index is 13.1. The number of rotatable bonds is 6. The second-order valence-corrected chi connectivity index (χ2v) is 7.51. The Balaban J connectivity index is 2.67. The summed E-state index contributed by atoms with van der Waals surface area (Å²) >= 11 is 6.06. The van der Waals surface area contributed by atoms with Crippen LogP contribution in [0.3, 0.4) is 0 Å². The van der Waals surface area contributed by atoms with Gasteiger partial charge in [-0.1, -0.05) is 39.3 Å². The molecule has 9 heteroatoms. The second kappa shape index (κ2) is 8.39. The van der Waals surface area contributed by atoms with Crippen molar-refractivity contribution in [1.82, 2.24) is 14.5 Å². The SMILES string of the molecule is CC(C)CN(C(=O)c1cccnc1Cl)c1c(N)n(CC(C)C)c(=O)[nH]c1=O. The minimum absolute atomic E-state index is 0.0294. The zero-order chi connectivity index (χ0) is 20.3. The second-order valence-electron chi connectivity index (χ2n) is 7.15. The molecule has 146 valence electrons. The average molecular weight is 394 g/mol. The van der Waals surface area contributed by atoms with Crippen LogP contribution in [0.2, 0.25) is 5.15 Å². The number of carbonyl (C=O) groups excluding carboxylic acids is 1. The predicted molar refractivity (Wildman–Crippen MR) is 106 cm³/mol. The molecule has 1 amide bonds. The third kappa shape index (κ3) is 4.57. The molecule has 2 rings (SSSR count). The zero-order valence-electron chi connectivity index (χ0n) is 15.8. The van der Waals surface area contributed by atoms with Crippen LogP contribution in [-0.4, -0.2) is 27.0 Å². The van der Waals surface area contributed by atoms with Crippen LogP contribution in [0, 0.1) is 11.8 Å². The van der Waals surface area contributed by atoms with Crippen molar-refractivity contribution in [2.45, 2.75) is 34.2 Å². The first-order valence-corrected chi connectivity index (χ1v) is 9.06. The highest BCUT2D eigenvalue weighted by Gasteiger charge is 2.27. The van der Waals surface area contributed by atoms with E-state index in [0.717, 1.165) is 0 Å². The van der Waals surface area contributed by atoms with Gasteiger partial charge in [-0.3, -0.25) is 19.1 Å². The van der Waals surface area contributed by atoms with E-state index < -0.39 is 17.2 Å². The largest absolute Gasteiger partial charge is 0.383 e. The molecule has 3 N–H and O–H groups in total. The number of carbonyl (C=O) groups is 1. The molecule has 0 aromatic carbocycles. The van der Waals surface area contributed by atoms with Crippen LogP contribution < -0.4 is 21.9 Å². The Morgan fingerprint density at radius 3 is 2.52 bits per heavy atom. The molecule has 0 fully saturated rings. The van der Waals surface area contributed by atoms with Crippen molar-refractivity contribution >= 4 is 29.0 Å². The number of nitrogens with zero attached hydrogens (tertiary/aromatic N) is 3. The monoisotopic (exact) mass is 393 g/mol. The predicted octanol–water partition coefficient (Wildman–Crippen LogP) is 2.13. The summed E-state index contributed by atoms with van der Waals surface area (Å²) in [5.74, 6) is -0.403. The van der Waals surface area contributed by atoms with Gasteiger partial charge in [-0.05, 0) is 24.0 Å². The molecule has 0 bridgehead atoms. The summed E-state index contributed by atoms with van der Waals surface area (Å²) in [5, 5.41) is 0.0294. The van der Waals surface area contributed by atoms with Gasteiger partial charge in [0.25, 0.3) is 11.5 Å². The number of aromatic nitrogens is 3. The van der Waals surface area contributed by atoms with Gasteiger partial charge in [0.1, 0.15) is 11.0 Å². The third-order valence-corrected chi connectivity index (χ3v) is 4.12. The van der Waals surface area contributed by atoms with Crippen molar-refractivity contribution in [3.8, 4) is 0 Å². The maximum atomic E-state index is 13.1. The molecule has 0 aliphatic carbocycles. The Bertz CT molecular complexity index is 949. The van der Waals surface area contributed by atoms with Crippen molar-refractivity contribution < 1.29 is 4.79 Å². The number of anilines is 2. The van der Waals surface area contributed by atoms with Crippen LogP contribution >= 0.6 is 11.6 Å². The van der Waals surface area contributed by atoms with Crippen molar-refractivity contribution in [2.24, 2.45) is 11.8 Å².